The van der Waals surface area contributed by atoms with Gasteiger partial charge in [-0.1, -0.05) is 82.3 Å². The van der Waals surface area contributed by atoms with Gasteiger partial charge in [-0.05, 0) is 71.6 Å². The summed E-state index contributed by atoms with van der Waals surface area (Å²) in [6, 6.07) is 13.6. The van der Waals surface area contributed by atoms with Crippen LogP contribution in [0.2, 0.25) is 0 Å². The summed E-state index contributed by atoms with van der Waals surface area (Å²) in [5.74, 6) is 0. The number of hydrogen-bond acceptors (Lipinski definition) is 3. The van der Waals surface area contributed by atoms with Gasteiger partial charge in [-0.15, -0.1) is 12.4 Å². The molecule has 0 bridgehead atoms. The highest BCUT2D eigenvalue weighted by Crippen LogP contribution is 2.51. The van der Waals surface area contributed by atoms with Crippen LogP contribution in [0, 0.1) is 0 Å². The highest BCUT2D eigenvalue weighted by atomic mass is 35.5. The van der Waals surface area contributed by atoms with Gasteiger partial charge in [0.2, 0.25) is 0 Å². The lowest BCUT2D eigenvalue weighted by atomic mass is 9.74. The van der Waals surface area contributed by atoms with E-state index in [1.54, 1.807) is 0 Å². The number of para-hydroxylation sites is 2. The Kier molecular flexibility index (Phi) is 7.13. The van der Waals surface area contributed by atoms with Crippen molar-refractivity contribution in [2.75, 3.05) is 29.5 Å². The zero-order valence-electron chi connectivity index (χ0n) is 23.3. The van der Waals surface area contributed by atoms with Crippen LogP contribution in [0.1, 0.15) is 69.2 Å². The Hall–Kier alpha value is -2.75. The molecule has 0 amide bonds. The predicted molar refractivity (Wildman–Crippen MR) is 163 cm³/mol. The number of rotatable bonds is 6. The normalized spacial score (nSPS) is 21.4. The molecule has 2 aromatic carbocycles. The molecule has 0 saturated heterocycles. The minimum Gasteiger partial charge on any atom is -0.396 e. The standard InChI is InChI=1S/C34H40N2O.ClH/c1-33(2)27(23-35-21-19-26-11-6-13-28(33)31(26)35)17-15-24(9-8-22-37)16-18-30-34(3,4)29-14-5-10-25-12-7-20-36(30)32(25)29;/h5-6,10-11,13-18,23,37H,7-9,12,19-22H2,1-4H3;1H/b17-15+,24-16+,30-18-;. The zero-order valence-corrected chi connectivity index (χ0v) is 24.1. The van der Waals surface area contributed by atoms with Crippen LogP contribution in [0.5, 0.6) is 0 Å². The van der Waals surface area contributed by atoms with Gasteiger partial charge in [0.1, 0.15) is 0 Å². The third-order valence-corrected chi connectivity index (χ3v) is 9.10. The number of nitrogens with zero attached hydrogens (tertiary/aromatic N) is 2. The number of allylic oxidation sites excluding steroid dienone is 7. The maximum atomic E-state index is 9.60. The van der Waals surface area contributed by atoms with E-state index < -0.39 is 0 Å². The van der Waals surface area contributed by atoms with Crippen molar-refractivity contribution in [3.63, 3.8) is 0 Å². The van der Waals surface area contributed by atoms with Gasteiger partial charge >= 0.3 is 0 Å². The van der Waals surface area contributed by atoms with Gasteiger partial charge in [-0.25, -0.2) is 0 Å². The lowest BCUT2D eigenvalue weighted by molar-refractivity contribution is 0.289. The second-order valence-electron chi connectivity index (χ2n) is 12.1. The van der Waals surface area contributed by atoms with E-state index in [0.717, 1.165) is 32.4 Å². The quantitative estimate of drug-likeness (QED) is 0.392. The number of halogens is 1. The van der Waals surface area contributed by atoms with E-state index in [9.17, 15) is 5.11 Å². The Labute approximate surface area is 234 Å². The van der Waals surface area contributed by atoms with Crippen molar-refractivity contribution >= 4 is 23.8 Å². The molecule has 0 unspecified atom stereocenters. The molecule has 4 heterocycles. The first-order valence-corrected chi connectivity index (χ1v) is 14.0. The SMILES string of the molecule is CC1(C)C(/C=C/C(=C/C=C2\N3CCCc4cccc(c43)C2(C)C)CCCO)=CN2CCc3cccc1c32.Cl. The van der Waals surface area contributed by atoms with Gasteiger partial charge in [0.25, 0.3) is 0 Å². The van der Waals surface area contributed by atoms with E-state index in [2.05, 4.69) is 104 Å². The van der Waals surface area contributed by atoms with Crippen LogP contribution in [0.15, 0.2) is 83.7 Å². The number of aliphatic hydroxyl groups excluding tert-OH is 1. The first-order valence-electron chi connectivity index (χ1n) is 14.0. The second kappa shape index (κ2) is 10.1. The van der Waals surface area contributed by atoms with Crippen molar-refractivity contribution < 1.29 is 5.11 Å². The highest BCUT2D eigenvalue weighted by Gasteiger charge is 2.42. The van der Waals surface area contributed by atoms with Gasteiger partial charge in [0, 0.05) is 53.8 Å². The summed E-state index contributed by atoms with van der Waals surface area (Å²) in [6.45, 7) is 11.8. The number of aryl methyl sites for hydroxylation is 1. The van der Waals surface area contributed by atoms with Crippen LogP contribution in [-0.2, 0) is 23.7 Å². The Bertz CT molecular complexity index is 1360. The van der Waals surface area contributed by atoms with Gasteiger partial charge in [0.05, 0.1) is 0 Å². The fourth-order valence-electron chi connectivity index (χ4n) is 6.91. The molecule has 3 nitrogen and oxygen atoms in total. The van der Waals surface area contributed by atoms with Crippen molar-refractivity contribution in [3.8, 4) is 0 Å². The molecule has 0 aliphatic carbocycles. The highest BCUT2D eigenvalue weighted by molar-refractivity contribution is 5.85. The maximum Gasteiger partial charge on any atom is 0.0483 e. The summed E-state index contributed by atoms with van der Waals surface area (Å²) in [7, 11) is 0. The Morgan fingerprint density at radius 1 is 0.921 bits per heavy atom. The lowest BCUT2D eigenvalue weighted by Gasteiger charge is -2.37. The molecule has 0 radical (unpaired) electrons. The van der Waals surface area contributed by atoms with E-state index in [0.29, 0.717) is 0 Å². The van der Waals surface area contributed by atoms with E-state index in [1.807, 2.05) is 0 Å². The third kappa shape index (κ3) is 4.25. The van der Waals surface area contributed by atoms with Crippen molar-refractivity contribution in [1.29, 1.82) is 0 Å². The number of anilines is 2. The Morgan fingerprint density at radius 2 is 1.63 bits per heavy atom. The first-order chi connectivity index (χ1) is 17.8. The van der Waals surface area contributed by atoms with Crippen LogP contribution >= 0.6 is 12.4 Å². The summed E-state index contributed by atoms with van der Waals surface area (Å²) in [5, 5.41) is 9.60. The maximum absolute atomic E-state index is 9.60. The number of benzene rings is 2. The van der Waals surface area contributed by atoms with Gasteiger partial charge in [0.15, 0.2) is 0 Å². The average molecular weight is 529 g/mol. The molecule has 0 saturated carbocycles. The topological polar surface area (TPSA) is 26.7 Å². The molecule has 0 aromatic heterocycles. The monoisotopic (exact) mass is 528 g/mol. The molecule has 6 rings (SSSR count). The van der Waals surface area contributed by atoms with Gasteiger partial charge in [-0.2, -0.15) is 0 Å². The molecule has 0 atom stereocenters. The van der Waals surface area contributed by atoms with E-state index in [-0.39, 0.29) is 29.8 Å². The molecule has 2 aromatic rings. The number of aliphatic hydroxyl groups is 1. The van der Waals surface area contributed by atoms with E-state index in [4.69, 9.17) is 0 Å². The van der Waals surface area contributed by atoms with Crippen molar-refractivity contribution in [2.45, 2.75) is 70.6 Å². The van der Waals surface area contributed by atoms with Crippen molar-refractivity contribution in [3.05, 3.63) is 106 Å². The molecular formula is C34H41ClN2O. The molecule has 4 aliphatic rings. The molecule has 0 spiro atoms. The predicted octanol–water partition coefficient (Wildman–Crippen LogP) is 7.53. The largest absolute Gasteiger partial charge is 0.396 e. The van der Waals surface area contributed by atoms with Gasteiger partial charge in [-0.3, -0.25) is 0 Å². The molecule has 38 heavy (non-hydrogen) atoms. The smallest absolute Gasteiger partial charge is 0.0483 e. The van der Waals surface area contributed by atoms with Crippen LogP contribution < -0.4 is 9.80 Å². The fourth-order valence-corrected chi connectivity index (χ4v) is 6.91. The van der Waals surface area contributed by atoms with Crippen molar-refractivity contribution in [2.24, 2.45) is 0 Å². The Morgan fingerprint density at radius 3 is 2.37 bits per heavy atom. The molecular weight excluding hydrogens is 488 g/mol. The molecule has 200 valence electrons. The van der Waals surface area contributed by atoms with Crippen LogP contribution in [0.25, 0.3) is 0 Å². The summed E-state index contributed by atoms with van der Waals surface area (Å²) >= 11 is 0. The average Bonchev–Trinajstić information content (AvgIpc) is 3.40. The van der Waals surface area contributed by atoms with Crippen LogP contribution in [-0.4, -0.2) is 24.8 Å². The summed E-state index contributed by atoms with van der Waals surface area (Å²) in [5.41, 5.74) is 12.7. The minimum absolute atomic E-state index is 0. The molecule has 1 N–H and O–H groups in total. The van der Waals surface area contributed by atoms with Crippen LogP contribution in [0.3, 0.4) is 0 Å². The van der Waals surface area contributed by atoms with E-state index >= 15 is 0 Å². The van der Waals surface area contributed by atoms with Gasteiger partial charge < -0.3 is 14.9 Å². The summed E-state index contributed by atoms with van der Waals surface area (Å²) in [4.78, 5) is 5.01. The molecule has 0 fully saturated rings. The van der Waals surface area contributed by atoms with Crippen molar-refractivity contribution in [1.82, 2.24) is 0 Å². The number of hydrogen-bond donors (Lipinski definition) is 1. The first kappa shape index (κ1) is 26.8. The summed E-state index contributed by atoms with van der Waals surface area (Å²) in [6.07, 6.45) is 16.8. The Balaban J connectivity index is 0.00000294. The third-order valence-electron chi connectivity index (χ3n) is 9.10. The van der Waals surface area contributed by atoms with Crippen LogP contribution in [0.4, 0.5) is 11.4 Å². The lowest BCUT2D eigenvalue weighted by Crippen LogP contribution is -2.30. The zero-order chi connectivity index (χ0) is 25.8. The summed E-state index contributed by atoms with van der Waals surface area (Å²) < 4.78 is 0. The molecule has 4 heteroatoms. The molecule has 4 aliphatic heterocycles. The minimum atomic E-state index is -0.0392. The second-order valence-corrected chi connectivity index (χ2v) is 12.1. The van der Waals surface area contributed by atoms with E-state index in [1.165, 1.54) is 63.3 Å². The fraction of sp³-hybridized carbons (Fsp3) is 0.412.